The minimum absolute atomic E-state index is 0.0206. The number of benzene rings is 3. The monoisotopic (exact) mass is 436 g/mol. The van der Waals surface area contributed by atoms with Crippen LogP contribution < -0.4 is 5.32 Å². The van der Waals surface area contributed by atoms with Gasteiger partial charge in [-0.3, -0.25) is 4.79 Å². The first-order valence-electron chi connectivity index (χ1n) is 9.88. The van der Waals surface area contributed by atoms with Crippen LogP contribution in [0.4, 0.5) is 0 Å². The van der Waals surface area contributed by atoms with E-state index < -0.39 is 0 Å². The number of H-pyrrole nitrogens is 1. The Kier molecular flexibility index (Phi) is 6.12. The van der Waals surface area contributed by atoms with Crippen LogP contribution in [0.2, 0.25) is 10.0 Å². The predicted octanol–water partition coefficient (Wildman–Crippen LogP) is 6.87. The van der Waals surface area contributed by atoms with E-state index in [1.54, 1.807) is 6.07 Å². The smallest absolute Gasteiger partial charge is 0.221 e. The standard InChI is InChI=1S/C25H22Cl2N2O/c1-16(17-7-3-2-4-8-17)29-25(30)14-20(18-11-12-22(26)23(27)13-18)21-15-28-24-10-6-5-9-19(21)24/h2-13,15-16,20,28H,14H2,1H3,(H,29,30). The van der Waals surface area contributed by atoms with Crippen molar-refractivity contribution in [1.82, 2.24) is 10.3 Å². The molecule has 3 aromatic carbocycles. The molecule has 1 aromatic heterocycles. The highest BCUT2D eigenvalue weighted by Gasteiger charge is 2.23. The maximum absolute atomic E-state index is 13.0. The lowest BCUT2D eigenvalue weighted by atomic mass is 9.88. The average molecular weight is 437 g/mol. The molecule has 3 nitrogen and oxygen atoms in total. The Morgan fingerprint density at radius 1 is 0.933 bits per heavy atom. The molecule has 1 amide bonds. The van der Waals surface area contributed by atoms with Gasteiger partial charge in [0.2, 0.25) is 5.91 Å². The number of amides is 1. The third kappa shape index (κ3) is 4.38. The zero-order valence-corrected chi connectivity index (χ0v) is 18.0. The molecule has 2 N–H and O–H groups in total. The number of rotatable bonds is 6. The van der Waals surface area contributed by atoms with Crippen LogP contribution >= 0.6 is 23.2 Å². The molecule has 0 saturated heterocycles. The molecular formula is C25H22Cl2N2O. The van der Waals surface area contributed by atoms with Crippen molar-refractivity contribution < 1.29 is 4.79 Å². The number of nitrogens with one attached hydrogen (secondary N) is 2. The number of halogens is 2. The van der Waals surface area contributed by atoms with Crippen molar-refractivity contribution in [2.24, 2.45) is 0 Å². The van der Waals surface area contributed by atoms with Gasteiger partial charge >= 0.3 is 0 Å². The molecule has 0 spiro atoms. The Bertz CT molecular complexity index is 1170. The van der Waals surface area contributed by atoms with E-state index in [1.807, 2.05) is 73.8 Å². The lowest BCUT2D eigenvalue weighted by Crippen LogP contribution is -2.28. The lowest BCUT2D eigenvalue weighted by Gasteiger charge is -2.20. The minimum Gasteiger partial charge on any atom is -0.361 e. The summed E-state index contributed by atoms with van der Waals surface area (Å²) in [5, 5.41) is 5.20. The number of carbonyl (C=O) groups is 1. The number of carbonyl (C=O) groups excluding carboxylic acids is 1. The quantitative estimate of drug-likeness (QED) is 0.340. The molecule has 1 heterocycles. The van der Waals surface area contributed by atoms with E-state index in [-0.39, 0.29) is 17.9 Å². The molecular weight excluding hydrogens is 415 g/mol. The van der Waals surface area contributed by atoms with E-state index in [9.17, 15) is 4.79 Å². The van der Waals surface area contributed by atoms with Crippen LogP contribution in [0.1, 0.15) is 42.0 Å². The number of fused-ring (bicyclic) bond motifs is 1. The van der Waals surface area contributed by atoms with Crippen LogP contribution in [0.3, 0.4) is 0 Å². The summed E-state index contributed by atoms with van der Waals surface area (Å²) >= 11 is 12.4. The first-order valence-corrected chi connectivity index (χ1v) is 10.6. The van der Waals surface area contributed by atoms with Crippen LogP contribution in [-0.2, 0) is 4.79 Å². The Labute approximate surface area is 186 Å². The minimum atomic E-state index is -0.154. The maximum Gasteiger partial charge on any atom is 0.221 e. The predicted molar refractivity (Wildman–Crippen MR) is 124 cm³/mol. The van der Waals surface area contributed by atoms with Crippen molar-refractivity contribution in [2.45, 2.75) is 25.3 Å². The van der Waals surface area contributed by atoms with E-state index >= 15 is 0 Å². The number of aromatic amines is 1. The fourth-order valence-electron chi connectivity index (χ4n) is 3.83. The summed E-state index contributed by atoms with van der Waals surface area (Å²) in [6, 6.07) is 23.5. The molecule has 4 rings (SSSR count). The van der Waals surface area contributed by atoms with Crippen LogP contribution in [0.25, 0.3) is 10.9 Å². The highest BCUT2D eigenvalue weighted by Crippen LogP contribution is 2.36. The van der Waals surface area contributed by atoms with Crippen LogP contribution in [-0.4, -0.2) is 10.9 Å². The van der Waals surface area contributed by atoms with Gasteiger partial charge in [0, 0.05) is 29.4 Å². The second-order valence-electron chi connectivity index (χ2n) is 7.42. The summed E-state index contributed by atoms with van der Waals surface area (Å²) < 4.78 is 0. The average Bonchev–Trinajstić information content (AvgIpc) is 3.18. The van der Waals surface area contributed by atoms with Crippen molar-refractivity contribution in [3.05, 3.63) is 106 Å². The number of aromatic nitrogens is 1. The Morgan fingerprint density at radius 2 is 1.67 bits per heavy atom. The van der Waals surface area contributed by atoms with Gasteiger partial charge in [-0.05, 0) is 41.8 Å². The summed E-state index contributed by atoms with van der Waals surface area (Å²) in [6.45, 7) is 1.99. The first-order chi connectivity index (χ1) is 14.5. The van der Waals surface area contributed by atoms with Gasteiger partial charge in [-0.15, -0.1) is 0 Å². The fraction of sp³-hybridized carbons (Fsp3) is 0.160. The summed E-state index contributed by atoms with van der Waals surface area (Å²) in [7, 11) is 0. The van der Waals surface area contributed by atoms with Gasteiger partial charge in [-0.1, -0.05) is 77.8 Å². The molecule has 4 aromatic rings. The molecule has 0 aliphatic carbocycles. The molecule has 2 unspecified atom stereocenters. The molecule has 0 radical (unpaired) electrons. The number of para-hydroxylation sites is 1. The van der Waals surface area contributed by atoms with Crippen molar-refractivity contribution >= 4 is 40.0 Å². The van der Waals surface area contributed by atoms with Crippen LogP contribution in [0.5, 0.6) is 0 Å². The molecule has 0 fully saturated rings. The Hall–Kier alpha value is -2.75. The number of hydrogen-bond donors (Lipinski definition) is 2. The molecule has 5 heteroatoms. The third-order valence-electron chi connectivity index (χ3n) is 5.41. The Balaban J connectivity index is 1.65. The van der Waals surface area contributed by atoms with Gasteiger partial charge < -0.3 is 10.3 Å². The maximum atomic E-state index is 13.0. The lowest BCUT2D eigenvalue weighted by molar-refractivity contribution is -0.121. The number of hydrogen-bond acceptors (Lipinski definition) is 1. The second kappa shape index (κ2) is 8.95. The zero-order chi connectivity index (χ0) is 21.1. The Morgan fingerprint density at radius 3 is 2.43 bits per heavy atom. The van der Waals surface area contributed by atoms with E-state index in [1.165, 1.54) is 0 Å². The summed E-state index contributed by atoms with van der Waals surface area (Å²) in [5.74, 6) is -0.174. The van der Waals surface area contributed by atoms with Crippen LogP contribution in [0.15, 0.2) is 79.0 Å². The third-order valence-corrected chi connectivity index (χ3v) is 6.15. The molecule has 0 saturated carbocycles. The summed E-state index contributed by atoms with van der Waals surface area (Å²) in [5.41, 5.74) is 4.13. The molecule has 30 heavy (non-hydrogen) atoms. The second-order valence-corrected chi connectivity index (χ2v) is 8.23. The molecule has 0 aliphatic heterocycles. The highest BCUT2D eigenvalue weighted by atomic mass is 35.5. The SMILES string of the molecule is CC(NC(=O)CC(c1ccc(Cl)c(Cl)c1)c1c[nH]c2ccccc12)c1ccccc1. The summed E-state index contributed by atoms with van der Waals surface area (Å²) in [4.78, 5) is 16.3. The van der Waals surface area contributed by atoms with Gasteiger partial charge in [0.25, 0.3) is 0 Å². The van der Waals surface area contributed by atoms with E-state index in [0.717, 1.165) is 27.6 Å². The molecule has 152 valence electrons. The van der Waals surface area contributed by atoms with Crippen LogP contribution in [0, 0.1) is 0 Å². The molecule has 0 bridgehead atoms. The van der Waals surface area contributed by atoms with E-state index in [4.69, 9.17) is 23.2 Å². The van der Waals surface area contributed by atoms with Gasteiger partial charge in [-0.25, -0.2) is 0 Å². The summed E-state index contributed by atoms with van der Waals surface area (Å²) in [6.07, 6.45) is 2.28. The van der Waals surface area contributed by atoms with Gasteiger partial charge in [0.05, 0.1) is 16.1 Å². The normalized spacial score (nSPS) is 13.2. The van der Waals surface area contributed by atoms with Gasteiger partial charge in [-0.2, -0.15) is 0 Å². The first kappa shape index (κ1) is 20.5. The van der Waals surface area contributed by atoms with E-state index in [0.29, 0.717) is 16.5 Å². The van der Waals surface area contributed by atoms with Gasteiger partial charge in [0.15, 0.2) is 0 Å². The van der Waals surface area contributed by atoms with E-state index in [2.05, 4.69) is 16.4 Å². The largest absolute Gasteiger partial charge is 0.361 e. The zero-order valence-electron chi connectivity index (χ0n) is 16.5. The van der Waals surface area contributed by atoms with Gasteiger partial charge in [0.1, 0.15) is 0 Å². The molecule has 0 aliphatic rings. The van der Waals surface area contributed by atoms with Crippen molar-refractivity contribution in [3.63, 3.8) is 0 Å². The van der Waals surface area contributed by atoms with Crippen molar-refractivity contribution in [2.75, 3.05) is 0 Å². The topological polar surface area (TPSA) is 44.9 Å². The molecule has 2 atom stereocenters. The fourth-order valence-corrected chi connectivity index (χ4v) is 4.14. The van der Waals surface area contributed by atoms with Crippen molar-refractivity contribution in [1.29, 1.82) is 0 Å². The highest BCUT2D eigenvalue weighted by molar-refractivity contribution is 6.42. The van der Waals surface area contributed by atoms with Crippen molar-refractivity contribution in [3.8, 4) is 0 Å².